The van der Waals surface area contributed by atoms with Gasteiger partial charge in [-0.05, 0) is 52.7 Å². The van der Waals surface area contributed by atoms with Gasteiger partial charge in [0.1, 0.15) is 11.6 Å². The summed E-state index contributed by atoms with van der Waals surface area (Å²) in [6.45, 7) is 1.95. The van der Waals surface area contributed by atoms with Gasteiger partial charge in [-0.25, -0.2) is 9.37 Å². The first-order valence-electron chi connectivity index (χ1n) is 4.90. The van der Waals surface area contributed by atoms with Crippen molar-refractivity contribution in [1.29, 1.82) is 0 Å². The van der Waals surface area contributed by atoms with E-state index in [1.807, 2.05) is 13.0 Å². The summed E-state index contributed by atoms with van der Waals surface area (Å²) in [6.07, 6.45) is 1.74. The van der Waals surface area contributed by atoms with Crippen molar-refractivity contribution in [1.82, 2.24) is 4.98 Å². The normalized spacial score (nSPS) is 10.4. The van der Waals surface area contributed by atoms with Gasteiger partial charge in [-0.15, -0.1) is 0 Å². The monoisotopic (exact) mass is 314 g/mol. The molecule has 0 fully saturated rings. The van der Waals surface area contributed by atoms with Crippen LogP contribution in [0.3, 0.4) is 0 Å². The molecule has 2 rings (SSSR count). The number of anilines is 2. The van der Waals surface area contributed by atoms with E-state index in [2.05, 4.69) is 26.2 Å². The summed E-state index contributed by atoms with van der Waals surface area (Å²) in [5.74, 6) is 0.278. The summed E-state index contributed by atoms with van der Waals surface area (Å²) in [6, 6.07) is 6.11. The lowest BCUT2D eigenvalue weighted by Crippen LogP contribution is -1.96. The van der Waals surface area contributed by atoms with E-state index >= 15 is 0 Å². The fraction of sp³-hybridized carbons (Fsp3) is 0.0833. The minimum atomic E-state index is -0.364. The number of nitrogens with zero attached hydrogens (tertiary/aromatic N) is 1. The zero-order valence-electron chi connectivity index (χ0n) is 8.97. The number of halogens is 3. The fourth-order valence-corrected chi connectivity index (χ4v) is 2.12. The van der Waals surface area contributed by atoms with Gasteiger partial charge in [0, 0.05) is 6.20 Å². The third kappa shape index (κ3) is 2.96. The molecular weight excluding hydrogens is 307 g/mol. The minimum Gasteiger partial charge on any atom is -0.338 e. The Kier molecular flexibility index (Phi) is 3.64. The Bertz CT molecular complexity index is 511. The van der Waals surface area contributed by atoms with Crippen LogP contribution in [0.15, 0.2) is 34.9 Å². The summed E-state index contributed by atoms with van der Waals surface area (Å²) < 4.78 is 13.7. The van der Waals surface area contributed by atoms with Crippen LogP contribution < -0.4 is 5.32 Å². The van der Waals surface area contributed by atoms with Crippen molar-refractivity contribution in [3.05, 3.63) is 51.3 Å². The Morgan fingerprint density at radius 2 is 2.12 bits per heavy atom. The first-order valence-corrected chi connectivity index (χ1v) is 6.07. The van der Waals surface area contributed by atoms with Crippen LogP contribution in [0.2, 0.25) is 5.02 Å². The lowest BCUT2D eigenvalue weighted by atomic mass is 10.3. The summed E-state index contributed by atoms with van der Waals surface area (Å²) in [4.78, 5) is 4.23. The Morgan fingerprint density at radius 3 is 2.76 bits per heavy atom. The smallest absolute Gasteiger partial charge is 0.144 e. The maximum absolute atomic E-state index is 12.9. The fourth-order valence-electron chi connectivity index (χ4n) is 1.34. The minimum absolute atomic E-state index is 0.319. The molecule has 1 aromatic carbocycles. The molecule has 0 saturated heterocycles. The molecule has 0 aliphatic heterocycles. The van der Waals surface area contributed by atoms with E-state index < -0.39 is 0 Å². The second-order valence-corrected chi connectivity index (χ2v) is 4.85. The molecule has 5 heteroatoms. The van der Waals surface area contributed by atoms with Crippen molar-refractivity contribution in [3.8, 4) is 0 Å². The number of hydrogen-bond acceptors (Lipinski definition) is 2. The highest BCUT2D eigenvalue weighted by atomic mass is 79.9. The Morgan fingerprint density at radius 1 is 1.35 bits per heavy atom. The summed E-state index contributed by atoms with van der Waals surface area (Å²) in [5, 5.41) is 3.36. The van der Waals surface area contributed by atoms with Crippen LogP contribution in [0.5, 0.6) is 0 Å². The van der Waals surface area contributed by atoms with Gasteiger partial charge in [-0.2, -0.15) is 0 Å². The van der Waals surface area contributed by atoms with Crippen LogP contribution in [-0.4, -0.2) is 4.98 Å². The van der Waals surface area contributed by atoms with E-state index in [1.54, 1.807) is 12.3 Å². The molecule has 1 aromatic heterocycles. The highest BCUT2D eigenvalue weighted by Crippen LogP contribution is 2.29. The highest BCUT2D eigenvalue weighted by molar-refractivity contribution is 9.10. The molecule has 2 aromatic rings. The molecule has 0 atom stereocenters. The second-order valence-electron chi connectivity index (χ2n) is 3.59. The van der Waals surface area contributed by atoms with Crippen LogP contribution in [0.4, 0.5) is 15.9 Å². The van der Waals surface area contributed by atoms with Gasteiger partial charge in [-0.1, -0.05) is 11.6 Å². The van der Waals surface area contributed by atoms with E-state index in [-0.39, 0.29) is 5.82 Å². The van der Waals surface area contributed by atoms with Gasteiger partial charge < -0.3 is 5.32 Å². The number of pyridine rings is 1. The van der Waals surface area contributed by atoms with Crippen LogP contribution >= 0.6 is 27.5 Å². The third-order valence-corrected chi connectivity index (χ3v) is 3.08. The van der Waals surface area contributed by atoms with Gasteiger partial charge in [-0.3, -0.25) is 0 Å². The number of aryl methyl sites for hydroxylation is 1. The van der Waals surface area contributed by atoms with E-state index in [0.29, 0.717) is 16.5 Å². The third-order valence-electron chi connectivity index (χ3n) is 2.16. The van der Waals surface area contributed by atoms with Crippen molar-refractivity contribution < 1.29 is 4.39 Å². The predicted octanol–water partition coefficient (Wildman–Crippen LogP) is 4.69. The predicted molar refractivity (Wildman–Crippen MR) is 71.4 cm³/mol. The van der Waals surface area contributed by atoms with Crippen molar-refractivity contribution in [3.63, 3.8) is 0 Å². The number of rotatable bonds is 2. The average Bonchev–Trinajstić information content (AvgIpc) is 2.25. The standard InChI is InChI=1S/C12H9BrClFN2/c1-7-4-9(13)12(16-6-7)17-11-3-2-8(15)5-10(11)14/h2-6H,1H3,(H,16,17). The van der Waals surface area contributed by atoms with Gasteiger partial charge in [0.25, 0.3) is 0 Å². The van der Waals surface area contributed by atoms with E-state index in [4.69, 9.17) is 11.6 Å². The van der Waals surface area contributed by atoms with Crippen LogP contribution in [0.25, 0.3) is 0 Å². The lowest BCUT2D eigenvalue weighted by molar-refractivity contribution is 0.628. The van der Waals surface area contributed by atoms with Gasteiger partial charge >= 0.3 is 0 Å². The highest BCUT2D eigenvalue weighted by Gasteiger charge is 2.06. The van der Waals surface area contributed by atoms with Crippen LogP contribution in [0.1, 0.15) is 5.56 Å². The van der Waals surface area contributed by atoms with Crippen LogP contribution in [-0.2, 0) is 0 Å². The van der Waals surface area contributed by atoms with Crippen molar-refractivity contribution in [2.45, 2.75) is 6.92 Å². The molecule has 2 nitrogen and oxygen atoms in total. The average molecular weight is 316 g/mol. The first-order chi connectivity index (χ1) is 8.06. The molecular formula is C12H9BrClFN2. The van der Waals surface area contributed by atoms with Crippen LogP contribution in [0, 0.1) is 12.7 Å². The summed E-state index contributed by atoms with van der Waals surface area (Å²) in [7, 11) is 0. The molecule has 0 radical (unpaired) electrons. The second kappa shape index (κ2) is 5.02. The largest absolute Gasteiger partial charge is 0.338 e. The number of hydrogen-bond donors (Lipinski definition) is 1. The molecule has 0 saturated carbocycles. The lowest BCUT2D eigenvalue weighted by Gasteiger charge is -2.09. The van der Waals surface area contributed by atoms with Gasteiger partial charge in [0.2, 0.25) is 0 Å². The quantitative estimate of drug-likeness (QED) is 0.869. The summed E-state index contributed by atoms with van der Waals surface area (Å²) >= 11 is 9.32. The summed E-state index contributed by atoms with van der Waals surface area (Å²) in [5.41, 5.74) is 1.66. The first kappa shape index (κ1) is 12.3. The van der Waals surface area contributed by atoms with Gasteiger partial charge in [0.15, 0.2) is 0 Å². The SMILES string of the molecule is Cc1cnc(Nc2ccc(F)cc2Cl)c(Br)c1. The van der Waals surface area contributed by atoms with Gasteiger partial charge in [0.05, 0.1) is 15.2 Å². The molecule has 0 aliphatic rings. The zero-order valence-corrected chi connectivity index (χ0v) is 11.3. The molecule has 0 amide bonds. The molecule has 88 valence electrons. The molecule has 17 heavy (non-hydrogen) atoms. The van der Waals surface area contributed by atoms with Crippen molar-refractivity contribution in [2.75, 3.05) is 5.32 Å². The zero-order chi connectivity index (χ0) is 12.4. The molecule has 0 bridgehead atoms. The molecule has 0 aliphatic carbocycles. The number of nitrogens with one attached hydrogen (secondary N) is 1. The number of aromatic nitrogens is 1. The molecule has 1 heterocycles. The maximum atomic E-state index is 12.9. The van der Waals surface area contributed by atoms with E-state index in [0.717, 1.165) is 10.0 Å². The van der Waals surface area contributed by atoms with Crippen molar-refractivity contribution in [2.24, 2.45) is 0 Å². The molecule has 0 spiro atoms. The maximum Gasteiger partial charge on any atom is 0.144 e. The molecule has 0 unspecified atom stereocenters. The number of benzene rings is 1. The van der Waals surface area contributed by atoms with E-state index in [9.17, 15) is 4.39 Å². The van der Waals surface area contributed by atoms with Crippen molar-refractivity contribution >= 4 is 39.0 Å². The Labute approximate surface area is 112 Å². The Hall–Kier alpha value is -1.13. The Balaban J connectivity index is 2.31. The molecule has 1 N–H and O–H groups in total. The van der Waals surface area contributed by atoms with E-state index in [1.165, 1.54) is 12.1 Å². The topological polar surface area (TPSA) is 24.9 Å².